The first kappa shape index (κ1) is 19.2. The molecule has 2 aromatic carbocycles. The lowest BCUT2D eigenvalue weighted by molar-refractivity contribution is 0.106. The zero-order chi connectivity index (χ0) is 18.1. The van der Waals surface area contributed by atoms with Gasteiger partial charge in [-0.15, -0.1) is 0 Å². The maximum atomic E-state index is 6.06. The van der Waals surface area contributed by atoms with Gasteiger partial charge in [-0.2, -0.15) is 0 Å². The van der Waals surface area contributed by atoms with E-state index in [0.717, 1.165) is 12.8 Å². The standard InChI is InChI=1S/C24H30O/c1-19(2)13-15-21-9-5-7-11-23(21)17-25-18-24-12-8-6-10-22(24)16-14-20(3)4/h5-14H,15-18H2,1-4H3. The van der Waals surface area contributed by atoms with Gasteiger partial charge in [0.15, 0.2) is 0 Å². The molecule has 2 aromatic rings. The van der Waals surface area contributed by atoms with Gasteiger partial charge in [0.25, 0.3) is 0 Å². The molecule has 0 aliphatic rings. The maximum absolute atomic E-state index is 6.06. The highest BCUT2D eigenvalue weighted by atomic mass is 16.5. The molecule has 0 bridgehead atoms. The van der Waals surface area contributed by atoms with Gasteiger partial charge in [-0.3, -0.25) is 0 Å². The molecule has 0 saturated carbocycles. The Morgan fingerprint density at radius 1 is 0.640 bits per heavy atom. The number of rotatable bonds is 8. The van der Waals surface area contributed by atoms with Gasteiger partial charge in [0.05, 0.1) is 13.2 Å². The van der Waals surface area contributed by atoms with Crippen LogP contribution in [0.5, 0.6) is 0 Å². The maximum Gasteiger partial charge on any atom is 0.0724 e. The second-order valence-corrected chi connectivity index (χ2v) is 7.00. The molecule has 0 radical (unpaired) electrons. The number of ether oxygens (including phenoxy) is 1. The molecule has 0 fully saturated rings. The lowest BCUT2D eigenvalue weighted by Crippen LogP contribution is -2.00. The van der Waals surface area contributed by atoms with Gasteiger partial charge in [-0.25, -0.2) is 0 Å². The summed E-state index contributed by atoms with van der Waals surface area (Å²) in [6, 6.07) is 17.1. The Balaban J connectivity index is 2.00. The van der Waals surface area contributed by atoms with Crippen molar-refractivity contribution in [2.24, 2.45) is 0 Å². The molecule has 0 atom stereocenters. The summed E-state index contributed by atoms with van der Waals surface area (Å²) in [7, 11) is 0. The number of hydrogen-bond donors (Lipinski definition) is 0. The molecular formula is C24H30O. The van der Waals surface area contributed by atoms with Crippen molar-refractivity contribution in [2.45, 2.75) is 53.8 Å². The van der Waals surface area contributed by atoms with Crippen molar-refractivity contribution in [1.29, 1.82) is 0 Å². The predicted octanol–water partition coefficient (Wildman–Crippen LogP) is 6.42. The summed E-state index contributed by atoms with van der Waals surface area (Å²) >= 11 is 0. The van der Waals surface area contributed by atoms with Gasteiger partial charge in [-0.05, 0) is 62.8 Å². The Bertz CT molecular complexity index is 666. The highest BCUT2D eigenvalue weighted by molar-refractivity contribution is 5.30. The van der Waals surface area contributed by atoms with Gasteiger partial charge in [-0.1, -0.05) is 71.8 Å². The van der Waals surface area contributed by atoms with Crippen molar-refractivity contribution >= 4 is 0 Å². The number of hydrogen-bond acceptors (Lipinski definition) is 1. The second-order valence-electron chi connectivity index (χ2n) is 7.00. The Morgan fingerprint density at radius 2 is 1.00 bits per heavy atom. The molecule has 0 unspecified atom stereocenters. The fourth-order valence-corrected chi connectivity index (χ4v) is 2.69. The SMILES string of the molecule is CC(C)=CCc1ccccc1COCc1ccccc1CC=C(C)C. The van der Waals surface area contributed by atoms with Crippen LogP contribution in [0.15, 0.2) is 71.8 Å². The van der Waals surface area contributed by atoms with Crippen LogP contribution in [0.3, 0.4) is 0 Å². The average Bonchev–Trinajstić information content (AvgIpc) is 2.60. The van der Waals surface area contributed by atoms with Gasteiger partial charge in [0.1, 0.15) is 0 Å². The van der Waals surface area contributed by atoms with Gasteiger partial charge >= 0.3 is 0 Å². The molecule has 0 aromatic heterocycles. The molecule has 1 heteroatoms. The van der Waals surface area contributed by atoms with Gasteiger partial charge in [0, 0.05) is 0 Å². The first-order chi connectivity index (χ1) is 12.1. The molecule has 0 spiro atoms. The van der Waals surface area contributed by atoms with E-state index in [4.69, 9.17) is 4.74 Å². The van der Waals surface area contributed by atoms with Crippen LogP contribution in [0.4, 0.5) is 0 Å². The van der Waals surface area contributed by atoms with Gasteiger partial charge in [0.2, 0.25) is 0 Å². The van der Waals surface area contributed by atoms with E-state index in [2.05, 4.69) is 88.4 Å². The molecule has 0 aliphatic carbocycles. The molecule has 0 saturated heterocycles. The second kappa shape index (κ2) is 10.0. The largest absolute Gasteiger partial charge is 0.372 e. The number of benzene rings is 2. The molecule has 0 N–H and O–H groups in total. The summed E-state index contributed by atoms with van der Waals surface area (Å²) < 4.78 is 6.06. The third kappa shape index (κ3) is 6.72. The summed E-state index contributed by atoms with van der Waals surface area (Å²) in [5, 5.41) is 0. The minimum Gasteiger partial charge on any atom is -0.372 e. The van der Waals surface area contributed by atoms with Crippen molar-refractivity contribution in [3.05, 3.63) is 94.1 Å². The monoisotopic (exact) mass is 334 g/mol. The van der Waals surface area contributed by atoms with Crippen LogP contribution in [0.25, 0.3) is 0 Å². The smallest absolute Gasteiger partial charge is 0.0724 e. The summed E-state index contributed by atoms with van der Waals surface area (Å²) in [5.41, 5.74) is 7.96. The van der Waals surface area contributed by atoms with Crippen molar-refractivity contribution < 1.29 is 4.74 Å². The van der Waals surface area contributed by atoms with Crippen LogP contribution in [0, 0.1) is 0 Å². The lowest BCUT2D eigenvalue weighted by atomic mass is 10.0. The topological polar surface area (TPSA) is 9.23 Å². The Kier molecular flexibility index (Phi) is 7.69. The quantitative estimate of drug-likeness (QED) is 0.506. The average molecular weight is 335 g/mol. The van der Waals surface area contributed by atoms with E-state index >= 15 is 0 Å². The fraction of sp³-hybridized carbons (Fsp3) is 0.333. The number of allylic oxidation sites excluding steroid dienone is 4. The van der Waals surface area contributed by atoms with Crippen LogP contribution in [-0.2, 0) is 30.8 Å². The van der Waals surface area contributed by atoms with Crippen LogP contribution < -0.4 is 0 Å². The van der Waals surface area contributed by atoms with E-state index < -0.39 is 0 Å². The van der Waals surface area contributed by atoms with Crippen molar-refractivity contribution in [2.75, 3.05) is 0 Å². The van der Waals surface area contributed by atoms with E-state index in [-0.39, 0.29) is 0 Å². The summed E-state index contributed by atoms with van der Waals surface area (Å²) in [6.45, 7) is 9.88. The molecule has 25 heavy (non-hydrogen) atoms. The van der Waals surface area contributed by atoms with Crippen molar-refractivity contribution in [3.63, 3.8) is 0 Å². The first-order valence-electron chi connectivity index (χ1n) is 9.04. The predicted molar refractivity (Wildman–Crippen MR) is 108 cm³/mol. The van der Waals surface area contributed by atoms with Crippen LogP contribution in [0.2, 0.25) is 0 Å². The van der Waals surface area contributed by atoms with E-state index in [9.17, 15) is 0 Å². The van der Waals surface area contributed by atoms with Crippen LogP contribution >= 0.6 is 0 Å². The molecule has 0 amide bonds. The third-order valence-corrected chi connectivity index (χ3v) is 4.21. The van der Waals surface area contributed by atoms with Crippen LogP contribution in [0.1, 0.15) is 49.9 Å². The van der Waals surface area contributed by atoms with Crippen LogP contribution in [-0.4, -0.2) is 0 Å². The van der Waals surface area contributed by atoms with Gasteiger partial charge < -0.3 is 4.74 Å². The zero-order valence-corrected chi connectivity index (χ0v) is 16.0. The molecule has 0 aliphatic heterocycles. The van der Waals surface area contributed by atoms with Crippen molar-refractivity contribution in [1.82, 2.24) is 0 Å². The van der Waals surface area contributed by atoms with E-state index in [1.807, 2.05) is 0 Å². The summed E-state index contributed by atoms with van der Waals surface area (Å²) in [4.78, 5) is 0. The molecule has 1 nitrogen and oxygen atoms in total. The van der Waals surface area contributed by atoms with E-state index in [0.29, 0.717) is 13.2 Å². The summed E-state index contributed by atoms with van der Waals surface area (Å²) in [5.74, 6) is 0. The Morgan fingerprint density at radius 3 is 1.36 bits per heavy atom. The Hall–Kier alpha value is -2.12. The first-order valence-corrected chi connectivity index (χ1v) is 9.04. The zero-order valence-electron chi connectivity index (χ0n) is 16.0. The minimum absolute atomic E-state index is 0.657. The summed E-state index contributed by atoms with van der Waals surface area (Å²) in [6.07, 6.45) is 6.49. The molecule has 2 rings (SSSR count). The highest BCUT2D eigenvalue weighted by Gasteiger charge is 2.04. The third-order valence-electron chi connectivity index (χ3n) is 4.21. The molecule has 132 valence electrons. The normalized spacial score (nSPS) is 10.4. The Labute approximate surface area is 153 Å². The van der Waals surface area contributed by atoms with E-state index in [1.165, 1.54) is 33.4 Å². The molecule has 0 heterocycles. The lowest BCUT2D eigenvalue weighted by Gasteiger charge is -2.11. The minimum atomic E-state index is 0.657. The van der Waals surface area contributed by atoms with E-state index in [1.54, 1.807) is 0 Å². The fourth-order valence-electron chi connectivity index (χ4n) is 2.69. The van der Waals surface area contributed by atoms with Crippen molar-refractivity contribution in [3.8, 4) is 0 Å². The highest BCUT2D eigenvalue weighted by Crippen LogP contribution is 2.16. The molecular weight excluding hydrogens is 304 g/mol.